The smallest absolute Gasteiger partial charge is 0.382 e. The normalized spacial score (nSPS) is 25.1. The first-order chi connectivity index (χ1) is 16.1. The molecular weight excluding hydrogens is 458 g/mol. The molecule has 4 aliphatic heterocycles. The minimum atomic E-state index is -0.994. The Hall–Kier alpha value is -3.19. The van der Waals surface area contributed by atoms with E-state index in [2.05, 4.69) is 0 Å². The van der Waals surface area contributed by atoms with Crippen molar-refractivity contribution in [2.45, 2.75) is 45.7 Å². The van der Waals surface area contributed by atoms with Crippen molar-refractivity contribution in [3.05, 3.63) is 46.5 Å². The summed E-state index contributed by atoms with van der Waals surface area (Å²) >= 11 is 0. The summed E-state index contributed by atoms with van der Waals surface area (Å²) in [5.41, 5.74) is 6.27. The highest BCUT2D eigenvalue weighted by Crippen LogP contribution is 2.48. The number of hydrogen-bond donors (Lipinski definition) is 3. The fourth-order valence-electron chi connectivity index (χ4n) is 4.42. The Morgan fingerprint density at radius 2 is 1.34 bits per heavy atom. The van der Waals surface area contributed by atoms with Crippen LogP contribution in [0.25, 0.3) is 0 Å². The Bertz CT molecular complexity index is 1140. The van der Waals surface area contributed by atoms with Gasteiger partial charge in [-0.1, -0.05) is 7.43 Å². The molecule has 0 aromatic heterocycles. The van der Waals surface area contributed by atoms with Crippen molar-refractivity contribution >= 4 is 25.5 Å². The Morgan fingerprint density at radius 3 is 1.77 bits per heavy atom. The Labute approximate surface area is 203 Å². The highest BCUT2D eigenvalue weighted by atomic mass is 16.8. The molecule has 4 heterocycles. The second kappa shape index (κ2) is 8.79. The summed E-state index contributed by atoms with van der Waals surface area (Å²) in [6, 6.07) is 9.52. The number of ether oxygens (including phenoxy) is 4. The number of nitro groups is 1. The molecule has 0 radical (unpaired) electrons. The van der Waals surface area contributed by atoms with E-state index in [1.807, 2.05) is 0 Å². The topological polar surface area (TPSA) is 153 Å². The first-order valence-electron chi connectivity index (χ1n) is 11.0. The standard InChI is InChI=1S/C10H11BN2O5.C10H13BN2O3.CH4/c1-11(14)12-5-4-10(12)17-8-3-2-7(13(15)16)6-9(8)18-10;1-11(14)13-5-4-10(13)15-8-3-2-7(12)6-9(8)16-10;/h2-3,6,14H,4-5H2,1H3;2-3,6,14H,4-5,12H2,1H3;1H4. The number of nitrogens with two attached hydrogens (primary N) is 1. The number of hydrogen-bond acceptors (Lipinski definition) is 11. The zero-order valence-electron chi connectivity index (χ0n) is 18.7. The summed E-state index contributed by atoms with van der Waals surface area (Å²) in [4.78, 5) is 13.6. The SMILES string of the molecule is C.CB(O)N1CCC12Oc1ccc(N)cc1O2.CB(O)N1CCC12Oc1ccc([N+](=O)[O-])cc1O2. The van der Waals surface area contributed by atoms with Crippen LogP contribution in [0.3, 0.4) is 0 Å². The highest BCUT2D eigenvalue weighted by Gasteiger charge is 2.57. The third kappa shape index (κ3) is 4.12. The van der Waals surface area contributed by atoms with E-state index < -0.39 is 30.8 Å². The summed E-state index contributed by atoms with van der Waals surface area (Å²) in [7, 11) is -1.27. The van der Waals surface area contributed by atoms with Crippen molar-refractivity contribution in [1.82, 2.24) is 9.62 Å². The van der Waals surface area contributed by atoms with E-state index in [1.54, 1.807) is 41.5 Å². The molecular formula is C21H28B2N4O8. The van der Waals surface area contributed by atoms with Crippen molar-refractivity contribution in [2.24, 2.45) is 0 Å². The summed E-state index contributed by atoms with van der Waals surface area (Å²) in [5, 5.41) is 29.8. The van der Waals surface area contributed by atoms with E-state index in [0.717, 1.165) is 13.0 Å². The van der Waals surface area contributed by atoms with Gasteiger partial charge in [-0.05, 0) is 31.8 Å². The van der Waals surface area contributed by atoms with Gasteiger partial charge in [-0.15, -0.1) is 0 Å². The fourth-order valence-corrected chi connectivity index (χ4v) is 4.42. The number of fused-ring (bicyclic) bond motifs is 2. The molecule has 0 saturated carbocycles. The molecule has 2 spiro atoms. The van der Waals surface area contributed by atoms with Gasteiger partial charge in [0.1, 0.15) is 0 Å². The van der Waals surface area contributed by atoms with Crippen molar-refractivity contribution in [3.63, 3.8) is 0 Å². The van der Waals surface area contributed by atoms with Crippen molar-refractivity contribution in [2.75, 3.05) is 18.8 Å². The number of anilines is 1. The summed E-state index contributed by atoms with van der Waals surface area (Å²) in [6.07, 6.45) is 1.35. The molecule has 14 heteroatoms. The van der Waals surface area contributed by atoms with Crippen molar-refractivity contribution < 1.29 is 33.9 Å². The minimum absolute atomic E-state index is 0. The second-order valence-electron chi connectivity index (χ2n) is 8.58. The number of non-ortho nitro benzene ring substituents is 1. The molecule has 6 rings (SSSR count). The number of nitrogen functional groups attached to an aromatic ring is 1. The molecule has 2 unspecified atom stereocenters. The zero-order valence-corrected chi connectivity index (χ0v) is 18.7. The molecule has 0 amide bonds. The van der Waals surface area contributed by atoms with Gasteiger partial charge in [-0.2, -0.15) is 0 Å². The Balaban J connectivity index is 0.000000161. The van der Waals surface area contributed by atoms with Crippen LogP contribution < -0.4 is 24.7 Å². The lowest BCUT2D eigenvalue weighted by Gasteiger charge is -2.47. The van der Waals surface area contributed by atoms with Gasteiger partial charge in [-0.3, -0.25) is 10.1 Å². The summed E-state index contributed by atoms with van der Waals surface area (Å²) in [6.45, 7) is 4.75. The van der Waals surface area contributed by atoms with Crippen LogP contribution >= 0.6 is 0 Å². The van der Waals surface area contributed by atoms with Crippen LogP contribution in [0.4, 0.5) is 11.4 Å². The molecule has 4 N–H and O–H groups in total. The van der Waals surface area contributed by atoms with Gasteiger partial charge in [-0.25, -0.2) is 9.62 Å². The average molecular weight is 486 g/mol. The van der Waals surface area contributed by atoms with Gasteiger partial charge in [0.2, 0.25) is 0 Å². The number of rotatable bonds is 3. The van der Waals surface area contributed by atoms with Gasteiger partial charge in [0.25, 0.3) is 5.69 Å². The van der Waals surface area contributed by atoms with E-state index >= 15 is 0 Å². The van der Waals surface area contributed by atoms with Gasteiger partial charge in [0.05, 0.1) is 23.8 Å². The maximum atomic E-state index is 10.7. The predicted molar refractivity (Wildman–Crippen MR) is 129 cm³/mol. The van der Waals surface area contributed by atoms with Crippen LogP contribution in [-0.4, -0.2) is 63.6 Å². The predicted octanol–water partition coefficient (Wildman–Crippen LogP) is 1.98. The summed E-state index contributed by atoms with van der Waals surface area (Å²) < 4.78 is 22.8. The van der Waals surface area contributed by atoms with E-state index in [9.17, 15) is 20.2 Å². The lowest BCUT2D eigenvalue weighted by Crippen LogP contribution is -2.69. The third-order valence-electron chi connectivity index (χ3n) is 6.30. The molecule has 186 valence electrons. The molecule has 2 saturated heterocycles. The molecule has 12 nitrogen and oxygen atoms in total. The van der Waals surface area contributed by atoms with E-state index in [-0.39, 0.29) is 13.1 Å². The van der Waals surface area contributed by atoms with Crippen LogP contribution in [0.5, 0.6) is 23.0 Å². The maximum absolute atomic E-state index is 10.7. The third-order valence-corrected chi connectivity index (χ3v) is 6.30. The van der Waals surface area contributed by atoms with Crippen LogP contribution in [0, 0.1) is 10.1 Å². The first kappa shape index (κ1) is 24.9. The average Bonchev–Trinajstić information content (AvgIpc) is 3.32. The highest BCUT2D eigenvalue weighted by molar-refractivity contribution is 6.46. The quantitative estimate of drug-likeness (QED) is 0.253. The second-order valence-corrected chi connectivity index (χ2v) is 8.58. The maximum Gasteiger partial charge on any atom is 0.382 e. The Kier molecular flexibility index (Phi) is 6.26. The van der Waals surface area contributed by atoms with E-state index in [0.29, 0.717) is 41.7 Å². The molecule has 2 fully saturated rings. The van der Waals surface area contributed by atoms with Gasteiger partial charge >= 0.3 is 25.9 Å². The monoisotopic (exact) mass is 486 g/mol. The molecule has 0 aliphatic carbocycles. The fraction of sp³-hybridized carbons (Fsp3) is 0.429. The van der Waals surface area contributed by atoms with Gasteiger partial charge < -0.3 is 34.7 Å². The first-order valence-corrected chi connectivity index (χ1v) is 11.0. The Morgan fingerprint density at radius 1 is 0.886 bits per heavy atom. The lowest BCUT2D eigenvalue weighted by molar-refractivity contribution is -0.384. The molecule has 4 aliphatic rings. The zero-order chi connectivity index (χ0) is 24.3. The van der Waals surface area contributed by atoms with Gasteiger partial charge in [0, 0.05) is 30.9 Å². The van der Waals surface area contributed by atoms with Crippen LogP contribution in [-0.2, 0) is 0 Å². The molecule has 35 heavy (non-hydrogen) atoms. The lowest BCUT2D eigenvalue weighted by atomic mass is 9.79. The summed E-state index contributed by atoms with van der Waals surface area (Å²) in [5.74, 6) is 0.320. The largest absolute Gasteiger partial charge is 0.437 e. The molecule has 2 atom stereocenters. The van der Waals surface area contributed by atoms with E-state index in [1.165, 1.54) is 18.2 Å². The number of nitro benzene ring substituents is 1. The molecule has 0 bridgehead atoms. The minimum Gasteiger partial charge on any atom is -0.437 e. The van der Waals surface area contributed by atoms with Gasteiger partial charge in [0.15, 0.2) is 23.0 Å². The number of benzene rings is 2. The molecule has 2 aromatic carbocycles. The van der Waals surface area contributed by atoms with E-state index in [4.69, 9.17) is 24.7 Å². The van der Waals surface area contributed by atoms with Crippen LogP contribution in [0.1, 0.15) is 20.3 Å². The van der Waals surface area contributed by atoms with Crippen LogP contribution in [0.15, 0.2) is 36.4 Å². The van der Waals surface area contributed by atoms with Crippen molar-refractivity contribution in [3.8, 4) is 23.0 Å². The number of nitrogens with zero attached hydrogens (tertiary/aromatic N) is 3. The van der Waals surface area contributed by atoms with Crippen LogP contribution in [0.2, 0.25) is 13.6 Å². The van der Waals surface area contributed by atoms with Crippen molar-refractivity contribution in [1.29, 1.82) is 0 Å². The molecule has 2 aromatic rings.